The fraction of sp³-hybridized carbons (Fsp3) is 0.308. The second-order valence-corrected chi connectivity index (χ2v) is 3.83. The van der Waals surface area contributed by atoms with E-state index in [1.54, 1.807) is 18.2 Å². The fourth-order valence-electron chi connectivity index (χ4n) is 1.03. The van der Waals surface area contributed by atoms with Gasteiger partial charge in [0.2, 0.25) is 0 Å². The van der Waals surface area contributed by atoms with Gasteiger partial charge in [0.15, 0.2) is 0 Å². The van der Waals surface area contributed by atoms with Crippen molar-refractivity contribution in [2.24, 2.45) is 5.92 Å². The summed E-state index contributed by atoms with van der Waals surface area (Å²) in [6.45, 7) is 7.93. The van der Waals surface area contributed by atoms with E-state index in [1.807, 2.05) is 26.0 Å². The molecule has 0 fully saturated rings. The zero-order chi connectivity index (χ0) is 12.0. The number of carbonyl (C=O) groups is 1. The van der Waals surface area contributed by atoms with Gasteiger partial charge in [-0.2, -0.15) is 0 Å². The molecular weight excluding hydrogens is 204 g/mol. The quantitative estimate of drug-likeness (QED) is 0.575. The summed E-state index contributed by atoms with van der Waals surface area (Å²) in [5, 5.41) is 0. The Hall–Kier alpha value is -1.77. The predicted molar refractivity (Wildman–Crippen MR) is 63.3 cm³/mol. The van der Waals surface area contributed by atoms with Crippen molar-refractivity contribution in [3.8, 4) is 5.75 Å². The largest absolute Gasteiger partial charge is 0.513 e. The van der Waals surface area contributed by atoms with E-state index < -0.39 is 6.16 Å². The zero-order valence-electron chi connectivity index (χ0n) is 9.60. The molecule has 16 heavy (non-hydrogen) atoms. The summed E-state index contributed by atoms with van der Waals surface area (Å²) in [6, 6.07) is 7.04. The fourth-order valence-corrected chi connectivity index (χ4v) is 1.03. The zero-order valence-corrected chi connectivity index (χ0v) is 9.60. The van der Waals surface area contributed by atoms with Crippen LogP contribution in [0.15, 0.2) is 30.8 Å². The maximum absolute atomic E-state index is 11.2. The van der Waals surface area contributed by atoms with E-state index in [0.29, 0.717) is 18.3 Å². The Morgan fingerprint density at radius 3 is 2.50 bits per heavy atom. The van der Waals surface area contributed by atoms with E-state index in [1.165, 1.54) is 0 Å². The topological polar surface area (TPSA) is 35.5 Å². The lowest BCUT2D eigenvalue weighted by Gasteiger charge is -2.07. The molecule has 0 aromatic heterocycles. The van der Waals surface area contributed by atoms with Crippen LogP contribution >= 0.6 is 0 Å². The van der Waals surface area contributed by atoms with Crippen molar-refractivity contribution in [1.29, 1.82) is 0 Å². The molecule has 86 valence electrons. The molecule has 0 spiro atoms. The molecule has 0 unspecified atom stereocenters. The Balaban J connectivity index is 2.46. The molecule has 0 aliphatic carbocycles. The first-order valence-electron chi connectivity index (χ1n) is 5.19. The highest BCUT2D eigenvalue weighted by molar-refractivity contribution is 5.64. The van der Waals surface area contributed by atoms with Crippen LogP contribution in [0.1, 0.15) is 19.4 Å². The number of carbonyl (C=O) groups excluding carboxylic acids is 1. The lowest BCUT2D eigenvalue weighted by Crippen LogP contribution is -2.14. The van der Waals surface area contributed by atoms with Crippen LogP contribution < -0.4 is 4.74 Å². The smallest absolute Gasteiger partial charge is 0.434 e. The van der Waals surface area contributed by atoms with Crippen LogP contribution in [0.25, 0.3) is 6.08 Å². The minimum atomic E-state index is -0.667. The van der Waals surface area contributed by atoms with Crippen molar-refractivity contribution < 1.29 is 14.3 Å². The van der Waals surface area contributed by atoms with Gasteiger partial charge >= 0.3 is 6.16 Å². The summed E-state index contributed by atoms with van der Waals surface area (Å²) in [7, 11) is 0. The number of hydrogen-bond acceptors (Lipinski definition) is 3. The Bertz CT molecular complexity index is 352. The van der Waals surface area contributed by atoms with Crippen molar-refractivity contribution in [3.05, 3.63) is 36.4 Å². The van der Waals surface area contributed by atoms with Gasteiger partial charge in [-0.15, -0.1) is 0 Å². The van der Waals surface area contributed by atoms with Gasteiger partial charge < -0.3 is 9.47 Å². The van der Waals surface area contributed by atoms with E-state index in [2.05, 4.69) is 6.58 Å². The maximum atomic E-state index is 11.2. The SMILES string of the molecule is C=Cc1ccc(OC(=O)OCC(C)C)cc1. The molecule has 0 heterocycles. The normalized spacial score (nSPS) is 9.94. The van der Waals surface area contributed by atoms with Gasteiger partial charge in [0.1, 0.15) is 5.75 Å². The molecule has 0 aliphatic heterocycles. The van der Waals surface area contributed by atoms with Crippen LogP contribution in [0.5, 0.6) is 5.75 Å². The van der Waals surface area contributed by atoms with Crippen molar-refractivity contribution in [3.63, 3.8) is 0 Å². The van der Waals surface area contributed by atoms with Crippen molar-refractivity contribution >= 4 is 12.2 Å². The molecule has 0 saturated carbocycles. The number of ether oxygens (including phenoxy) is 2. The van der Waals surface area contributed by atoms with Crippen molar-refractivity contribution in [1.82, 2.24) is 0 Å². The van der Waals surface area contributed by atoms with E-state index in [4.69, 9.17) is 9.47 Å². The van der Waals surface area contributed by atoms with Crippen LogP contribution in [0, 0.1) is 5.92 Å². The second-order valence-electron chi connectivity index (χ2n) is 3.83. The minimum Gasteiger partial charge on any atom is -0.434 e. The third-order valence-electron chi connectivity index (χ3n) is 1.85. The average molecular weight is 220 g/mol. The molecule has 1 aromatic carbocycles. The molecule has 3 heteroatoms. The van der Waals surface area contributed by atoms with E-state index in [-0.39, 0.29) is 0 Å². The first-order valence-corrected chi connectivity index (χ1v) is 5.19. The predicted octanol–water partition coefficient (Wildman–Crippen LogP) is 3.50. The lowest BCUT2D eigenvalue weighted by molar-refractivity contribution is 0.0886. The molecule has 0 bridgehead atoms. The number of benzene rings is 1. The van der Waals surface area contributed by atoms with E-state index in [9.17, 15) is 4.79 Å². The first-order chi connectivity index (χ1) is 7.61. The average Bonchev–Trinajstić information content (AvgIpc) is 2.27. The molecule has 0 amide bonds. The molecule has 1 rings (SSSR count). The second kappa shape index (κ2) is 5.95. The van der Waals surface area contributed by atoms with Gasteiger partial charge in [-0.25, -0.2) is 4.79 Å². The molecule has 0 N–H and O–H groups in total. The highest BCUT2D eigenvalue weighted by Gasteiger charge is 2.06. The molecule has 0 atom stereocenters. The van der Waals surface area contributed by atoms with Crippen LogP contribution in [0.3, 0.4) is 0 Å². The molecule has 0 aliphatic rings. The lowest BCUT2D eigenvalue weighted by atomic mass is 10.2. The number of rotatable bonds is 4. The van der Waals surface area contributed by atoms with Crippen molar-refractivity contribution in [2.45, 2.75) is 13.8 Å². The van der Waals surface area contributed by atoms with Gasteiger partial charge in [0.25, 0.3) is 0 Å². The van der Waals surface area contributed by atoms with Gasteiger partial charge in [0, 0.05) is 0 Å². The minimum absolute atomic E-state index is 0.302. The summed E-state index contributed by atoms with van der Waals surface area (Å²) in [4.78, 5) is 11.2. The maximum Gasteiger partial charge on any atom is 0.513 e. The highest BCUT2D eigenvalue weighted by atomic mass is 16.7. The van der Waals surface area contributed by atoms with Gasteiger partial charge in [-0.1, -0.05) is 38.6 Å². The first kappa shape index (κ1) is 12.3. The summed E-state index contributed by atoms with van der Waals surface area (Å²) in [5.74, 6) is 0.773. The third-order valence-corrected chi connectivity index (χ3v) is 1.85. The van der Waals surface area contributed by atoms with Crippen LogP contribution in [0.4, 0.5) is 4.79 Å². The molecule has 3 nitrogen and oxygen atoms in total. The van der Waals surface area contributed by atoms with Crippen LogP contribution in [-0.2, 0) is 4.74 Å². The van der Waals surface area contributed by atoms with Gasteiger partial charge in [-0.3, -0.25) is 0 Å². The molecule has 0 radical (unpaired) electrons. The van der Waals surface area contributed by atoms with Crippen molar-refractivity contribution in [2.75, 3.05) is 6.61 Å². The van der Waals surface area contributed by atoms with Crippen LogP contribution in [0.2, 0.25) is 0 Å². The standard InChI is InChI=1S/C13H16O3/c1-4-11-5-7-12(8-6-11)16-13(14)15-9-10(2)3/h4-8,10H,1,9H2,2-3H3. The van der Waals surface area contributed by atoms with Crippen LogP contribution in [-0.4, -0.2) is 12.8 Å². The Kier molecular flexibility index (Phi) is 4.58. The summed E-state index contributed by atoms with van der Waals surface area (Å²) in [5.41, 5.74) is 0.975. The molecular formula is C13H16O3. The summed E-state index contributed by atoms with van der Waals surface area (Å²) in [6.07, 6.45) is 1.06. The summed E-state index contributed by atoms with van der Waals surface area (Å²) < 4.78 is 9.85. The van der Waals surface area contributed by atoms with E-state index >= 15 is 0 Å². The molecule has 0 saturated heterocycles. The highest BCUT2D eigenvalue weighted by Crippen LogP contribution is 2.13. The Morgan fingerprint density at radius 1 is 1.38 bits per heavy atom. The van der Waals surface area contributed by atoms with Gasteiger partial charge in [0.05, 0.1) is 6.61 Å². The molecule has 1 aromatic rings. The van der Waals surface area contributed by atoms with Gasteiger partial charge in [-0.05, 0) is 23.6 Å². The van der Waals surface area contributed by atoms with E-state index in [0.717, 1.165) is 5.56 Å². The monoisotopic (exact) mass is 220 g/mol. The Labute approximate surface area is 95.7 Å². The Morgan fingerprint density at radius 2 is 2.00 bits per heavy atom. The summed E-state index contributed by atoms with van der Waals surface area (Å²) >= 11 is 0. The number of hydrogen-bond donors (Lipinski definition) is 0. The third kappa shape index (κ3) is 4.17.